The van der Waals surface area contributed by atoms with Crippen LogP contribution >= 0.6 is 0 Å². The van der Waals surface area contributed by atoms with Crippen LogP contribution in [0.15, 0.2) is 18.2 Å². The number of aromatic hydroxyl groups is 1. The summed E-state index contributed by atoms with van der Waals surface area (Å²) in [6.45, 7) is 4.89. The second kappa shape index (κ2) is 5.44. The molecule has 6 nitrogen and oxygen atoms in total. The smallest absolute Gasteiger partial charge is 0.310 e. The van der Waals surface area contributed by atoms with E-state index in [9.17, 15) is 24.9 Å². The Kier molecular flexibility index (Phi) is 4.05. The number of phenols is 1. The van der Waals surface area contributed by atoms with Gasteiger partial charge in [-0.2, -0.15) is 0 Å². The number of rotatable bonds is 4. The normalized spacial score (nSPS) is 29.2. The van der Waals surface area contributed by atoms with Crippen LogP contribution in [0.4, 0.5) is 0 Å². The fourth-order valence-corrected chi connectivity index (χ4v) is 3.83. The van der Waals surface area contributed by atoms with E-state index in [1.807, 2.05) is 0 Å². The highest BCUT2D eigenvalue weighted by Crippen LogP contribution is 2.64. The molecule has 0 spiro atoms. The quantitative estimate of drug-likeness (QED) is 0.787. The summed E-state index contributed by atoms with van der Waals surface area (Å²) in [5, 5.41) is 29.8. The molecule has 0 radical (unpaired) electrons. The predicted octanol–water partition coefficient (Wildman–Crippen LogP) is 2.71. The first-order valence-electron chi connectivity index (χ1n) is 7.41. The molecule has 1 fully saturated rings. The van der Waals surface area contributed by atoms with E-state index in [-0.39, 0.29) is 17.9 Å². The summed E-state index contributed by atoms with van der Waals surface area (Å²) in [6.07, 6.45) is 0.145. The molecule has 1 aliphatic rings. The first-order chi connectivity index (χ1) is 10.6. The second-order valence-electron chi connectivity index (χ2n) is 6.81. The lowest BCUT2D eigenvalue weighted by molar-refractivity contribution is -0.158. The highest BCUT2D eigenvalue weighted by molar-refractivity contribution is 5.82. The largest absolute Gasteiger partial charge is 0.504 e. The van der Waals surface area contributed by atoms with Gasteiger partial charge in [0.25, 0.3) is 0 Å². The summed E-state index contributed by atoms with van der Waals surface area (Å²) in [4.78, 5) is 23.7. The number of hydrogen-bond acceptors (Lipinski definition) is 4. The van der Waals surface area contributed by atoms with Crippen LogP contribution in [-0.4, -0.2) is 34.4 Å². The van der Waals surface area contributed by atoms with Crippen LogP contribution in [0.5, 0.6) is 11.5 Å². The van der Waals surface area contributed by atoms with Crippen molar-refractivity contribution in [1.82, 2.24) is 0 Å². The topological polar surface area (TPSA) is 104 Å². The maximum atomic E-state index is 12.1. The van der Waals surface area contributed by atoms with Gasteiger partial charge in [-0.25, -0.2) is 0 Å². The fraction of sp³-hybridized carbons (Fsp3) is 0.529. The minimum atomic E-state index is -1.33. The molecule has 1 aromatic rings. The Hall–Kier alpha value is -2.24. The predicted molar refractivity (Wildman–Crippen MR) is 82.7 cm³/mol. The molecule has 3 unspecified atom stereocenters. The average Bonchev–Trinajstić information content (AvgIpc) is 2.68. The molecule has 0 aliphatic heterocycles. The van der Waals surface area contributed by atoms with Crippen molar-refractivity contribution in [3.63, 3.8) is 0 Å². The second-order valence-corrected chi connectivity index (χ2v) is 6.81. The first kappa shape index (κ1) is 17.1. The highest BCUT2D eigenvalue weighted by Gasteiger charge is 2.64. The van der Waals surface area contributed by atoms with Gasteiger partial charge in [-0.1, -0.05) is 26.0 Å². The molecule has 1 saturated carbocycles. The molecule has 0 amide bonds. The molecule has 0 aromatic heterocycles. The summed E-state index contributed by atoms with van der Waals surface area (Å²) < 4.78 is 5.09. The van der Waals surface area contributed by atoms with Gasteiger partial charge in [-0.05, 0) is 24.8 Å². The van der Waals surface area contributed by atoms with Crippen LogP contribution in [0.25, 0.3) is 0 Å². The fourth-order valence-electron chi connectivity index (χ4n) is 3.83. The van der Waals surface area contributed by atoms with Crippen molar-refractivity contribution < 1.29 is 29.6 Å². The average molecular weight is 322 g/mol. The molecule has 3 atom stereocenters. The van der Waals surface area contributed by atoms with Crippen LogP contribution in [0.2, 0.25) is 0 Å². The SMILES string of the molecule is COc1cccc(C2CC(C(=O)O)C(C)(C)C2(C)C(=O)O)c1O. The van der Waals surface area contributed by atoms with Gasteiger partial charge in [-0.3, -0.25) is 9.59 Å². The molecule has 23 heavy (non-hydrogen) atoms. The Labute approximate surface area is 134 Å². The Morgan fingerprint density at radius 2 is 1.83 bits per heavy atom. The Bertz CT molecular complexity index is 650. The number of carboxylic acid groups (broad SMARTS) is 2. The first-order valence-corrected chi connectivity index (χ1v) is 7.41. The summed E-state index contributed by atoms with van der Waals surface area (Å²) in [7, 11) is 1.41. The minimum Gasteiger partial charge on any atom is -0.504 e. The number of benzene rings is 1. The van der Waals surface area contributed by atoms with Gasteiger partial charge in [-0.15, -0.1) is 0 Å². The maximum absolute atomic E-state index is 12.1. The van der Waals surface area contributed by atoms with Crippen LogP contribution in [0, 0.1) is 16.7 Å². The van der Waals surface area contributed by atoms with Gasteiger partial charge < -0.3 is 20.1 Å². The molecule has 0 heterocycles. The van der Waals surface area contributed by atoms with E-state index in [0.29, 0.717) is 5.56 Å². The van der Waals surface area contributed by atoms with E-state index in [2.05, 4.69) is 0 Å². The lowest BCUT2D eigenvalue weighted by Gasteiger charge is -2.40. The van der Waals surface area contributed by atoms with Gasteiger partial charge in [0.2, 0.25) is 0 Å². The molecule has 1 aliphatic carbocycles. The summed E-state index contributed by atoms with van der Waals surface area (Å²) in [6, 6.07) is 4.87. The molecule has 2 rings (SSSR count). The zero-order chi connectivity index (χ0) is 17.6. The number of aliphatic carboxylic acids is 2. The summed E-state index contributed by atoms with van der Waals surface area (Å²) in [5.41, 5.74) is -1.91. The van der Waals surface area contributed by atoms with Crippen molar-refractivity contribution in [3.8, 4) is 11.5 Å². The van der Waals surface area contributed by atoms with E-state index in [4.69, 9.17) is 4.74 Å². The van der Waals surface area contributed by atoms with E-state index in [1.165, 1.54) is 7.11 Å². The van der Waals surface area contributed by atoms with Gasteiger partial charge in [0.05, 0.1) is 18.4 Å². The lowest BCUT2D eigenvalue weighted by atomic mass is 9.62. The number of carbonyl (C=O) groups is 2. The van der Waals surface area contributed by atoms with Crippen molar-refractivity contribution in [3.05, 3.63) is 23.8 Å². The van der Waals surface area contributed by atoms with Gasteiger partial charge in [0.1, 0.15) is 0 Å². The molecular formula is C17H22O6. The van der Waals surface area contributed by atoms with E-state index < -0.39 is 34.6 Å². The molecule has 3 N–H and O–H groups in total. The molecule has 1 aromatic carbocycles. The molecule has 0 saturated heterocycles. The van der Waals surface area contributed by atoms with E-state index in [0.717, 1.165) is 0 Å². The van der Waals surface area contributed by atoms with Crippen molar-refractivity contribution in [2.75, 3.05) is 7.11 Å². The van der Waals surface area contributed by atoms with E-state index in [1.54, 1.807) is 39.0 Å². The molecule has 126 valence electrons. The summed E-state index contributed by atoms with van der Waals surface area (Å²) in [5.74, 6) is -3.43. The third-order valence-electron chi connectivity index (χ3n) is 5.75. The van der Waals surface area contributed by atoms with Crippen LogP contribution in [0.3, 0.4) is 0 Å². The molecular weight excluding hydrogens is 300 g/mol. The number of hydrogen-bond donors (Lipinski definition) is 3. The standard InChI is InChI=1S/C17H22O6/c1-16(2)11(14(19)20)8-10(17(16,3)15(21)22)9-6-5-7-12(23-4)13(9)18/h5-7,10-11,18H,8H2,1-4H3,(H,19,20)(H,21,22). The van der Waals surface area contributed by atoms with Crippen molar-refractivity contribution in [1.29, 1.82) is 0 Å². The third kappa shape index (κ3) is 2.24. The van der Waals surface area contributed by atoms with Gasteiger partial charge >= 0.3 is 11.9 Å². The number of ether oxygens (including phenoxy) is 1. The van der Waals surface area contributed by atoms with E-state index >= 15 is 0 Å². The third-order valence-corrected chi connectivity index (χ3v) is 5.75. The van der Waals surface area contributed by atoms with Crippen LogP contribution in [-0.2, 0) is 9.59 Å². The Morgan fingerprint density at radius 3 is 2.30 bits per heavy atom. The van der Waals surface area contributed by atoms with Gasteiger partial charge in [0, 0.05) is 11.5 Å². The van der Waals surface area contributed by atoms with Gasteiger partial charge in [0.15, 0.2) is 11.5 Å². The zero-order valence-corrected chi connectivity index (χ0v) is 13.7. The highest BCUT2D eigenvalue weighted by atomic mass is 16.5. The monoisotopic (exact) mass is 322 g/mol. The van der Waals surface area contributed by atoms with Crippen molar-refractivity contribution in [2.45, 2.75) is 33.1 Å². The zero-order valence-electron chi connectivity index (χ0n) is 13.7. The minimum absolute atomic E-state index is 0.130. The number of methoxy groups -OCH3 is 1. The number of para-hydroxylation sites is 1. The Balaban J connectivity index is 2.66. The lowest BCUT2D eigenvalue weighted by Crippen LogP contribution is -2.44. The number of carboxylic acids is 2. The number of phenolic OH excluding ortho intramolecular Hbond substituents is 1. The summed E-state index contributed by atoms with van der Waals surface area (Å²) >= 11 is 0. The molecule has 0 bridgehead atoms. The molecule has 6 heteroatoms. The van der Waals surface area contributed by atoms with Crippen LogP contribution < -0.4 is 4.74 Å². The Morgan fingerprint density at radius 1 is 1.22 bits per heavy atom. The van der Waals surface area contributed by atoms with Crippen LogP contribution in [0.1, 0.15) is 38.7 Å². The maximum Gasteiger partial charge on any atom is 0.310 e. The van der Waals surface area contributed by atoms with Crippen molar-refractivity contribution in [2.24, 2.45) is 16.7 Å². The van der Waals surface area contributed by atoms with Crippen molar-refractivity contribution >= 4 is 11.9 Å².